The Morgan fingerprint density at radius 3 is 2.43 bits per heavy atom. The van der Waals surface area contributed by atoms with Gasteiger partial charge in [-0.1, -0.05) is 12.8 Å². The Labute approximate surface area is 83.5 Å². The van der Waals surface area contributed by atoms with Gasteiger partial charge < -0.3 is 10.8 Å². The first-order valence-electron chi connectivity index (χ1n) is 5.12. The van der Waals surface area contributed by atoms with Gasteiger partial charge in [-0.3, -0.25) is 9.59 Å². The number of carbonyl (C=O) groups excluding carboxylic acids is 1. The molecule has 0 spiro atoms. The zero-order valence-electron chi connectivity index (χ0n) is 8.24. The van der Waals surface area contributed by atoms with Crippen molar-refractivity contribution >= 4 is 11.8 Å². The smallest absolute Gasteiger partial charge is 0.303 e. The third-order valence-corrected chi connectivity index (χ3v) is 2.79. The molecule has 1 aliphatic rings. The number of nitrogens with two attached hydrogens (primary N) is 1. The second-order valence-corrected chi connectivity index (χ2v) is 3.92. The van der Waals surface area contributed by atoms with E-state index < -0.39 is 12.0 Å². The van der Waals surface area contributed by atoms with Gasteiger partial charge in [0.1, 0.15) is 0 Å². The van der Waals surface area contributed by atoms with Gasteiger partial charge in [0.05, 0.1) is 6.04 Å². The van der Waals surface area contributed by atoms with Gasteiger partial charge in [-0.05, 0) is 19.3 Å². The van der Waals surface area contributed by atoms with Crippen molar-refractivity contribution in [2.75, 3.05) is 0 Å². The zero-order chi connectivity index (χ0) is 10.6. The van der Waals surface area contributed by atoms with Crippen molar-refractivity contribution in [2.24, 2.45) is 11.7 Å². The van der Waals surface area contributed by atoms with Crippen LogP contribution in [0.4, 0.5) is 0 Å². The minimum absolute atomic E-state index is 0.0143. The van der Waals surface area contributed by atoms with E-state index in [1.54, 1.807) is 0 Å². The van der Waals surface area contributed by atoms with E-state index in [0.717, 1.165) is 25.7 Å². The molecule has 3 N–H and O–H groups in total. The first-order chi connectivity index (χ1) is 6.61. The van der Waals surface area contributed by atoms with Crippen LogP contribution in [0, 0.1) is 5.92 Å². The molecule has 80 valence electrons. The molecule has 4 nitrogen and oxygen atoms in total. The fourth-order valence-electron chi connectivity index (χ4n) is 1.93. The van der Waals surface area contributed by atoms with Crippen LogP contribution in [0.25, 0.3) is 0 Å². The highest BCUT2D eigenvalue weighted by molar-refractivity contribution is 5.86. The molecular weight excluding hydrogens is 182 g/mol. The molecule has 0 radical (unpaired) electrons. The third kappa shape index (κ3) is 3.10. The highest BCUT2D eigenvalue weighted by Gasteiger charge is 2.27. The number of carboxylic acids is 1. The molecule has 0 unspecified atom stereocenters. The fourth-order valence-corrected chi connectivity index (χ4v) is 1.93. The Morgan fingerprint density at radius 2 is 1.93 bits per heavy atom. The van der Waals surface area contributed by atoms with Crippen LogP contribution in [-0.2, 0) is 9.59 Å². The maximum absolute atomic E-state index is 11.6. The van der Waals surface area contributed by atoms with Gasteiger partial charge in [-0.15, -0.1) is 0 Å². The number of carbonyl (C=O) groups is 2. The summed E-state index contributed by atoms with van der Waals surface area (Å²) in [5, 5.41) is 8.44. The van der Waals surface area contributed by atoms with Crippen molar-refractivity contribution in [1.29, 1.82) is 0 Å². The maximum atomic E-state index is 11.6. The van der Waals surface area contributed by atoms with Gasteiger partial charge in [-0.2, -0.15) is 0 Å². The lowest BCUT2D eigenvalue weighted by Crippen LogP contribution is -2.35. The summed E-state index contributed by atoms with van der Waals surface area (Å²) >= 11 is 0. The van der Waals surface area contributed by atoms with E-state index in [2.05, 4.69) is 0 Å². The average molecular weight is 199 g/mol. The molecule has 0 saturated heterocycles. The van der Waals surface area contributed by atoms with Gasteiger partial charge in [0.15, 0.2) is 5.78 Å². The molecule has 0 aromatic heterocycles. The summed E-state index contributed by atoms with van der Waals surface area (Å²) in [5.41, 5.74) is 5.63. The standard InChI is InChI=1S/C10H17NO3/c11-8(5-6-9(12)13)10(14)7-3-1-2-4-7/h7-8H,1-6,11H2,(H,12,13)/t8-/m0/s1. The fraction of sp³-hybridized carbons (Fsp3) is 0.800. The highest BCUT2D eigenvalue weighted by atomic mass is 16.4. The van der Waals surface area contributed by atoms with Gasteiger partial charge in [0, 0.05) is 12.3 Å². The number of carboxylic acid groups (broad SMARTS) is 1. The molecule has 0 aromatic carbocycles. The van der Waals surface area contributed by atoms with E-state index in [-0.39, 0.29) is 24.5 Å². The van der Waals surface area contributed by atoms with E-state index in [0.29, 0.717) is 0 Å². The quantitative estimate of drug-likeness (QED) is 0.690. The molecule has 4 heteroatoms. The largest absolute Gasteiger partial charge is 0.481 e. The lowest BCUT2D eigenvalue weighted by molar-refractivity contribution is -0.137. The lowest BCUT2D eigenvalue weighted by Gasteiger charge is -2.13. The first kappa shape index (κ1) is 11.2. The number of hydrogen-bond donors (Lipinski definition) is 2. The predicted molar refractivity (Wildman–Crippen MR) is 51.8 cm³/mol. The molecule has 1 atom stereocenters. The third-order valence-electron chi connectivity index (χ3n) is 2.79. The van der Waals surface area contributed by atoms with Crippen molar-refractivity contribution in [2.45, 2.75) is 44.6 Å². The number of ketones is 1. The van der Waals surface area contributed by atoms with E-state index in [1.165, 1.54) is 0 Å². The number of rotatable bonds is 5. The normalized spacial score (nSPS) is 19.5. The molecule has 14 heavy (non-hydrogen) atoms. The molecule has 0 aliphatic heterocycles. The van der Waals surface area contributed by atoms with Crippen LogP contribution < -0.4 is 5.73 Å². The maximum Gasteiger partial charge on any atom is 0.303 e. The van der Waals surface area contributed by atoms with Gasteiger partial charge in [0.25, 0.3) is 0 Å². The summed E-state index contributed by atoms with van der Waals surface area (Å²) in [7, 11) is 0. The van der Waals surface area contributed by atoms with Crippen LogP contribution in [0.5, 0.6) is 0 Å². The average Bonchev–Trinajstić information content (AvgIpc) is 2.65. The Balaban J connectivity index is 2.31. The Kier molecular flexibility index (Phi) is 4.07. The predicted octanol–water partition coefficient (Wildman–Crippen LogP) is 0.938. The van der Waals surface area contributed by atoms with Crippen LogP contribution in [-0.4, -0.2) is 22.9 Å². The van der Waals surface area contributed by atoms with Crippen LogP contribution in [0.2, 0.25) is 0 Å². The van der Waals surface area contributed by atoms with Crippen LogP contribution in [0.1, 0.15) is 38.5 Å². The van der Waals surface area contributed by atoms with Crippen LogP contribution in [0.15, 0.2) is 0 Å². The summed E-state index contributed by atoms with van der Waals surface area (Å²) in [4.78, 5) is 21.9. The number of hydrogen-bond acceptors (Lipinski definition) is 3. The van der Waals surface area contributed by atoms with Crippen molar-refractivity contribution in [3.05, 3.63) is 0 Å². The van der Waals surface area contributed by atoms with E-state index in [9.17, 15) is 9.59 Å². The molecule has 0 aromatic rings. The molecule has 1 fully saturated rings. The molecule has 1 rings (SSSR count). The summed E-state index contributed by atoms with van der Waals surface area (Å²) in [6.45, 7) is 0. The van der Waals surface area contributed by atoms with Crippen molar-refractivity contribution < 1.29 is 14.7 Å². The van der Waals surface area contributed by atoms with Crippen LogP contribution >= 0.6 is 0 Å². The second kappa shape index (κ2) is 5.10. The SMILES string of the molecule is N[C@@H](CCC(=O)O)C(=O)C1CCCC1. The van der Waals surface area contributed by atoms with Gasteiger partial charge >= 0.3 is 5.97 Å². The second-order valence-electron chi connectivity index (χ2n) is 3.92. The Bertz CT molecular complexity index is 221. The summed E-state index contributed by atoms with van der Waals surface area (Å²) in [6.07, 6.45) is 4.31. The van der Waals surface area contributed by atoms with E-state index >= 15 is 0 Å². The highest BCUT2D eigenvalue weighted by Crippen LogP contribution is 2.26. The monoisotopic (exact) mass is 199 g/mol. The molecular formula is C10H17NO3. The zero-order valence-corrected chi connectivity index (χ0v) is 8.24. The Morgan fingerprint density at radius 1 is 1.36 bits per heavy atom. The lowest BCUT2D eigenvalue weighted by atomic mass is 9.94. The summed E-state index contributed by atoms with van der Waals surface area (Å²) in [6, 6.07) is -0.575. The van der Waals surface area contributed by atoms with Crippen molar-refractivity contribution in [3.8, 4) is 0 Å². The van der Waals surface area contributed by atoms with E-state index in [1.807, 2.05) is 0 Å². The molecule has 0 heterocycles. The molecule has 1 aliphatic carbocycles. The topological polar surface area (TPSA) is 80.4 Å². The minimum Gasteiger partial charge on any atom is -0.481 e. The molecule has 0 amide bonds. The minimum atomic E-state index is -0.889. The van der Waals surface area contributed by atoms with Crippen molar-refractivity contribution in [1.82, 2.24) is 0 Å². The number of aliphatic carboxylic acids is 1. The van der Waals surface area contributed by atoms with Crippen LogP contribution in [0.3, 0.4) is 0 Å². The van der Waals surface area contributed by atoms with Crippen molar-refractivity contribution in [3.63, 3.8) is 0 Å². The molecule has 1 saturated carbocycles. The van der Waals surface area contributed by atoms with Gasteiger partial charge in [0.2, 0.25) is 0 Å². The van der Waals surface area contributed by atoms with Gasteiger partial charge in [-0.25, -0.2) is 0 Å². The molecule has 0 bridgehead atoms. The Hall–Kier alpha value is -0.900. The summed E-state index contributed by atoms with van der Waals surface area (Å²) in [5.74, 6) is -0.734. The first-order valence-corrected chi connectivity index (χ1v) is 5.12. The van der Waals surface area contributed by atoms with E-state index in [4.69, 9.17) is 10.8 Å². The number of Topliss-reactive ketones (excluding diaryl/α,β-unsaturated/α-hetero) is 1. The summed E-state index contributed by atoms with van der Waals surface area (Å²) < 4.78 is 0.